The van der Waals surface area contributed by atoms with Gasteiger partial charge in [-0.15, -0.1) is 0 Å². The molecular formula is C19H21ClN2O3S. The molecule has 26 heavy (non-hydrogen) atoms. The van der Waals surface area contributed by atoms with Crippen molar-refractivity contribution in [2.24, 2.45) is 0 Å². The quantitative estimate of drug-likeness (QED) is 0.843. The molecule has 1 saturated heterocycles. The predicted octanol–water partition coefficient (Wildman–Crippen LogP) is 3.69. The van der Waals surface area contributed by atoms with Crippen LogP contribution < -0.4 is 5.32 Å². The fraction of sp³-hybridized carbons (Fsp3) is 0.316. The van der Waals surface area contributed by atoms with Gasteiger partial charge in [0.15, 0.2) is 0 Å². The number of rotatable bonds is 5. The van der Waals surface area contributed by atoms with Crippen LogP contribution in [0.5, 0.6) is 0 Å². The summed E-state index contributed by atoms with van der Waals surface area (Å²) >= 11 is 5.84. The van der Waals surface area contributed by atoms with E-state index in [4.69, 9.17) is 11.6 Å². The molecule has 1 fully saturated rings. The van der Waals surface area contributed by atoms with Gasteiger partial charge in [0.25, 0.3) is 0 Å². The number of carbonyl (C=O) groups is 1. The molecule has 0 spiro atoms. The van der Waals surface area contributed by atoms with Crippen molar-refractivity contribution in [3.63, 3.8) is 0 Å². The summed E-state index contributed by atoms with van der Waals surface area (Å²) in [5.41, 5.74) is 1.80. The zero-order valence-corrected chi connectivity index (χ0v) is 16.1. The van der Waals surface area contributed by atoms with Crippen molar-refractivity contribution in [1.29, 1.82) is 0 Å². The van der Waals surface area contributed by atoms with Gasteiger partial charge in [0, 0.05) is 17.3 Å². The van der Waals surface area contributed by atoms with E-state index >= 15 is 0 Å². The van der Waals surface area contributed by atoms with Crippen LogP contribution in [0.1, 0.15) is 25.3 Å². The van der Waals surface area contributed by atoms with Gasteiger partial charge in [-0.05, 0) is 61.2 Å². The molecule has 0 saturated carbocycles. The van der Waals surface area contributed by atoms with Crippen LogP contribution in [-0.4, -0.2) is 31.2 Å². The molecule has 7 heteroatoms. The summed E-state index contributed by atoms with van der Waals surface area (Å²) in [6.07, 6.45) is 2.02. The number of sulfonamides is 1. The van der Waals surface area contributed by atoms with Gasteiger partial charge >= 0.3 is 0 Å². The summed E-state index contributed by atoms with van der Waals surface area (Å²) in [4.78, 5) is 12.9. The smallest absolute Gasteiger partial charge is 0.243 e. The van der Waals surface area contributed by atoms with Crippen LogP contribution in [0.2, 0.25) is 5.02 Å². The highest BCUT2D eigenvalue weighted by Crippen LogP contribution is 2.27. The van der Waals surface area contributed by atoms with Crippen molar-refractivity contribution >= 4 is 33.2 Å². The van der Waals surface area contributed by atoms with Crippen LogP contribution in [0, 0.1) is 0 Å². The number of benzene rings is 2. The lowest BCUT2D eigenvalue weighted by atomic mass is 10.1. The van der Waals surface area contributed by atoms with E-state index in [0.29, 0.717) is 30.1 Å². The molecule has 1 aliphatic heterocycles. The van der Waals surface area contributed by atoms with Crippen molar-refractivity contribution < 1.29 is 13.2 Å². The highest BCUT2D eigenvalue weighted by molar-refractivity contribution is 7.89. The Morgan fingerprint density at radius 3 is 2.65 bits per heavy atom. The lowest BCUT2D eigenvalue weighted by Crippen LogP contribution is -2.43. The van der Waals surface area contributed by atoms with Gasteiger partial charge in [-0.1, -0.05) is 30.7 Å². The van der Waals surface area contributed by atoms with Crippen LogP contribution in [0.3, 0.4) is 0 Å². The van der Waals surface area contributed by atoms with E-state index in [9.17, 15) is 13.2 Å². The van der Waals surface area contributed by atoms with Crippen molar-refractivity contribution in [2.45, 2.75) is 37.1 Å². The number of nitrogens with one attached hydrogen (secondary N) is 1. The number of amides is 1. The number of hydrogen-bond donors (Lipinski definition) is 1. The summed E-state index contributed by atoms with van der Waals surface area (Å²) in [6.45, 7) is 2.37. The first-order chi connectivity index (χ1) is 12.4. The van der Waals surface area contributed by atoms with Crippen molar-refractivity contribution in [3.8, 4) is 0 Å². The number of aryl methyl sites for hydroxylation is 1. The van der Waals surface area contributed by atoms with Crippen LogP contribution >= 0.6 is 11.6 Å². The molecule has 2 aromatic carbocycles. The minimum atomic E-state index is -3.74. The topological polar surface area (TPSA) is 66.5 Å². The van der Waals surface area contributed by atoms with E-state index < -0.39 is 16.1 Å². The summed E-state index contributed by atoms with van der Waals surface area (Å²) < 4.78 is 27.1. The van der Waals surface area contributed by atoms with Crippen LogP contribution in [0.25, 0.3) is 0 Å². The highest BCUT2D eigenvalue weighted by atomic mass is 35.5. The summed E-state index contributed by atoms with van der Waals surface area (Å²) in [5.74, 6) is -0.298. The van der Waals surface area contributed by atoms with Crippen molar-refractivity contribution in [3.05, 3.63) is 59.1 Å². The Labute approximate surface area is 159 Å². The molecule has 0 aliphatic carbocycles. The van der Waals surface area contributed by atoms with E-state index in [1.54, 1.807) is 0 Å². The summed E-state index contributed by atoms with van der Waals surface area (Å²) in [6, 6.07) is 12.9. The van der Waals surface area contributed by atoms with Crippen LogP contribution in [0.15, 0.2) is 53.4 Å². The fourth-order valence-corrected chi connectivity index (χ4v) is 4.91. The maximum Gasteiger partial charge on any atom is 0.243 e. The normalized spacial score (nSPS) is 18.0. The molecule has 3 rings (SSSR count). The third-order valence-electron chi connectivity index (χ3n) is 4.53. The van der Waals surface area contributed by atoms with Gasteiger partial charge in [0.2, 0.25) is 15.9 Å². The van der Waals surface area contributed by atoms with Crippen LogP contribution in [0.4, 0.5) is 5.69 Å². The predicted molar refractivity (Wildman–Crippen MR) is 103 cm³/mol. The molecule has 0 radical (unpaired) electrons. The lowest BCUT2D eigenvalue weighted by molar-refractivity contribution is -0.119. The highest BCUT2D eigenvalue weighted by Gasteiger charge is 2.39. The SMILES string of the molecule is CCc1cccc(NC(=O)[C@H]2CCCN2S(=O)(=O)c2ccc(Cl)cc2)c1. The largest absolute Gasteiger partial charge is 0.325 e. The molecular weight excluding hydrogens is 372 g/mol. The molecule has 0 bridgehead atoms. The molecule has 1 amide bonds. The first kappa shape index (κ1) is 18.9. The molecule has 5 nitrogen and oxygen atoms in total. The third kappa shape index (κ3) is 3.92. The maximum atomic E-state index is 12.9. The minimum absolute atomic E-state index is 0.148. The monoisotopic (exact) mass is 392 g/mol. The van der Waals surface area contributed by atoms with E-state index in [-0.39, 0.29) is 10.8 Å². The second kappa shape index (κ2) is 7.78. The summed E-state index contributed by atoms with van der Waals surface area (Å²) in [7, 11) is -3.74. The number of hydrogen-bond acceptors (Lipinski definition) is 3. The Hall–Kier alpha value is -1.89. The average molecular weight is 393 g/mol. The molecule has 2 aromatic rings. The van der Waals surface area contributed by atoms with Gasteiger partial charge in [-0.25, -0.2) is 8.42 Å². The molecule has 1 aliphatic rings. The molecule has 1 atom stereocenters. The number of carbonyl (C=O) groups excluding carboxylic acids is 1. The van der Waals surface area contributed by atoms with Gasteiger partial charge < -0.3 is 5.32 Å². The Morgan fingerprint density at radius 1 is 1.23 bits per heavy atom. The summed E-state index contributed by atoms with van der Waals surface area (Å²) in [5, 5.41) is 3.32. The first-order valence-electron chi connectivity index (χ1n) is 8.59. The molecule has 138 valence electrons. The van der Waals surface area contributed by atoms with Crippen molar-refractivity contribution in [2.75, 3.05) is 11.9 Å². The van der Waals surface area contributed by atoms with Gasteiger partial charge in [0.1, 0.15) is 6.04 Å². The van der Waals surface area contributed by atoms with Crippen molar-refractivity contribution in [1.82, 2.24) is 4.31 Å². The number of halogens is 1. The lowest BCUT2D eigenvalue weighted by Gasteiger charge is -2.23. The number of anilines is 1. The Bertz CT molecular complexity index is 897. The first-order valence-corrected chi connectivity index (χ1v) is 10.4. The molecule has 1 N–H and O–H groups in total. The van der Waals surface area contributed by atoms with E-state index in [0.717, 1.165) is 12.0 Å². The molecule has 0 aromatic heterocycles. The maximum absolute atomic E-state index is 12.9. The number of nitrogens with zero attached hydrogens (tertiary/aromatic N) is 1. The minimum Gasteiger partial charge on any atom is -0.325 e. The Morgan fingerprint density at radius 2 is 1.96 bits per heavy atom. The molecule has 1 heterocycles. The zero-order chi connectivity index (χ0) is 18.7. The standard InChI is InChI=1S/C19H21ClN2O3S/c1-2-14-5-3-6-16(13-14)21-19(23)18-7-4-12-22(18)26(24,25)17-10-8-15(20)9-11-17/h3,5-6,8-11,13,18H,2,4,7,12H2,1H3,(H,21,23)/t18-/m1/s1. The molecule has 0 unspecified atom stereocenters. The zero-order valence-electron chi connectivity index (χ0n) is 14.5. The van der Waals surface area contributed by atoms with E-state index in [2.05, 4.69) is 5.32 Å². The second-order valence-electron chi connectivity index (χ2n) is 6.27. The second-order valence-corrected chi connectivity index (χ2v) is 8.60. The fourth-order valence-electron chi connectivity index (χ4n) is 3.13. The Kier molecular flexibility index (Phi) is 5.65. The average Bonchev–Trinajstić information content (AvgIpc) is 3.13. The third-order valence-corrected chi connectivity index (χ3v) is 6.70. The van der Waals surface area contributed by atoms with Gasteiger partial charge in [-0.2, -0.15) is 4.31 Å². The van der Waals surface area contributed by atoms with Gasteiger partial charge in [-0.3, -0.25) is 4.79 Å². The van der Waals surface area contributed by atoms with E-state index in [1.807, 2.05) is 31.2 Å². The van der Waals surface area contributed by atoms with Crippen LogP contribution in [-0.2, 0) is 21.2 Å². The Balaban J connectivity index is 1.80. The van der Waals surface area contributed by atoms with Gasteiger partial charge in [0.05, 0.1) is 4.90 Å². The van der Waals surface area contributed by atoms with E-state index in [1.165, 1.54) is 28.6 Å².